The second-order valence-electron chi connectivity index (χ2n) is 3.07. The number of carboxylic acids is 1. The smallest absolute Gasteiger partial charge is 0.335 e. The highest BCUT2D eigenvalue weighted by Crippen LogP contribution is 2.24. The molecule has 14 heavy (non-hydrogen) atoms. The molecule has 82 valence electrons. The number of hydrogen-bond acceptors (Lipinski definition) is 7. The minimum Gasteiger partial charge on any atom is -0.479 e. The van der Waals surface area contributed by atoms with E-state index in [4.69, 9.17) is 26.2 Å². The van der Waals surface area contributed by atoms with Crippen LogP contribution in [0.1, 0.15) is 0 Å². The molecule has 0 bridgehead atoms. The summed E-state index contributed by atoms with van der Waals surface area (Å²) in [6, 6.07) is 0. The van der Waals surface area contributed by atoms with Crippen molar-refractivity contribution < 1.29 is 35.1 Å². The number of hydrogen-bond donors (Lipinski definition) is 6. The number of nitrogens with two attached hydrogens (primary N) is 1. The van der Waals surface area contributed by atoms with Crippen LogP contribution in [0.15, 0.2) is 0 Å². The fourth-order valence-electron chi connectivity index (χ4n) is 1.12. The molecule has 0 aromatic rings. The standard InChI is InChI=1S/C6H11NO7/c7-6(13)3(9)1(8)2(4(10)11)14-5(6)12/h1-3,5,8-9,12-13H,7H2,(H,10,11)/t1-,2+,3+,5-,6-/m1/s1. The van der Waals surface area contributed by atoms with E-state index in [9.17, 15) is 9.90 Å². The summed E-state index contributed by atoms with van der Waals surface area (Å²) in [6.45, 7) is 0. The van der Waals surface area contributed by atoms with Crippen LogP contribution in [-0.2, 0) is 9.53 Å². The van der Waals surface area contributed by atoms with Gasteiger partial charge in [0.05, 0.1) is 0 Å². The molecular formula is C6H11NO7. The maximum Gasteiger partial charge on any atom is 0.335 e. The summed E-state index contributed by atoms with van der Waals surface area (Å²) in [7, 11) is 0. The Kier molecular flexibility index (Phi) is 2.76. The van der Waals surface area contributed by atoms with E-state index in [0.717, 1.165) is 0 Å². The fraction of sp³-hybridized carbons (Fsp3) is 0.833. The molecule has 0 amide bonds. The van der Waals surface area contributed by atoms with E-state index in [0.29, 0.717) is 0 Å². The SMILES string of the molecule is N[C@]1(O)[C@H](O)O[C@H](C(=O)O)[C@@H](O)[C@@H]1O. The molecule has 1 aliphatic heterocycles. The summed E-state index contributed by atoms with van der Waals surface area (Å²) in [5.74, 6) is -1.58. The molecule has 1 fully saturated rings. The molecule has 0 radical (unpaired) electrons. The molecule has 5 atom stereocenters. The van der Waals surface area contributed by atoms with E-state index in [2.05, 4.69) is 4.74 Å². The second kappa shape index (κ2) is 3.42. The van der Waals surface area contributed by atoms with Crippen LogP contribution in [0.5, 0.6) is 0 Å². The Morgan fingerprint density at radius 3 is 2.29 bits per heavy atom. The Morgan fingerprint density at radius 1 is 1.36 bits per heavy atom. The minimum absolute atomic E-state index is 1.58. The van der Waals surface area contributed by atoms with Crippen molar-refractivity contribution in [2.24, 2.45) is 5.73 Å². The summed E-state index contributed by atoms with van der Waals surface area (Å²) in [5, 5.41) is 45.0. The third-order valence-electron chi connectivity index (χ3n) is 2.02. The molecule has 7 N–H and O–H groups in total. The van der Waals surface area contributed by atoms with Crippen LogP contribution < -0.4 is 5.73 Å². The van der Waals surface area contributed by atoms with Crippen molar-refractivity contribution in [1.82, 2.24) is 0 Å². The lowest BCUT2D eigenvalue weighted by Crippen LogP contribution is -2.71. The number of aliphatic carboxylic acids is 1. The van der Waals surface area contributed by atoms with Gasteiger partial charge in [0, 0.05) is 0 Å². The Balaban J connectivity index is 2.89. The third kappa shape index (κ3) is 1.59. The molecule has 0 aliphatic carbocycles. The fourth-order valence-corrected chi connectivity index (χ4v) is 1.12. The minimum atomic E-state index is -2.59. The molecule has 8 heteroatoms. The lowest BCUT2D eigenvalue weighted by Gasteiger charge is -2.42. The highest BCUT2D eigenvalue weighted by atomic mass is 16.7. The van der Waals surface area contributed by atoms with Crippen LogP contribution in [0.25, 0.3) is 0 Å². The first-order chi connectivity index (χ1) is 6.28. The van der Waals surface area contributed by atoms with Crippen LogP contribution in [0, 0.1) is 0 Å². The van der Waals surface area contributed by atoms with Gasteiger partial charge in [-0.05, 0) is 0 Å². The zero-order valence-corrected chi connectivity index (χ0v) is 6.94. The maximum absolute atomic E-state index is 10.4. The van der Waals surface area contributed by atoms with Crippen molar-refractivity contribution in [1.29, 1.82) is 0 Å². The number of carbonyl (C=O) groups is 1. The van der Waals surface area contributed by atoms with Crippen LogP contribution in [-0.4, -0.2) is 61.8 Å². The van der Waals surface area contributed by atoms with E-state index in [1.54, 1.807) is 0 Å². The summed E-state index contributed by atoms with van der Waals surface area (Å²) < 4.78 is 4.32. The van der Waals surface area contributed by atoms with Gasteiger partial charge in [0.15, 0.2) is 11.8 Å². The quantitative estimate of drug-likeness (QED) is 0.240. The molecule has 0 saturated carbocycles. The number of rotatable bonds is 1. The van der Waals surface area contributed by atoms with E-state index in [1.165, 1.54) is 0 Å². The van der Waals surface area contributed by atoms with Crippen molar-refractivity contribution >= 4 is 5.97 Å². The lowest BCUT2D eigenvalue weighted by molar-refractivity contribution is -0.320. The van der Waals surface area contributed by atoms with Crippen molar-refractivity contribution in [3.05, 3.63) is 0 Å². The summed E-state index contributed by atoms with van der Waals surface area (Å²) >= 11 is 0. The summed E-state index contributed by atoms with van der Waals surface area (Å²) in [4.78, 5) is 10.4. The predicted octanol–water partition coefficient (Wildman–Crippen LogP) is -3.84. The Hall–Kier alpha value is -0.770. The van der Waals surface area contributed by atoms with Gasteiger partial charge < -0.3 is 30.3 Å². The monoisotopic (exact) mass is 209 g/mol. The maximum atomic E-state index is 10.4. The van der Waals surface area contributed by atoms with Gasteiger partial charge in [-0.15, -0.1) is 0 Å². The van der Waals surface area contributed by atoms with Gasteiger partial charge in [-0.25, -0.2) is 4.79 Å². The van der Waals surface area contributed by atoms with Crippen molar-refractivity contribution in [3.63, 3.8) is 0 Å². The zero-order valence-electron chi connectivity index (χ0n) is 6.94. The zero-order chi connectivity index (χ0) is 11.1. The third-order valence-corrected chi connectivity index (χ3v) is 2.02. The van der Waals surface area contributed by atoms with Gasteiger partial charge in [0.25, 0.3) is 0 Å². The molecule has 0 spiro atoms. The number of ether oxygens (including phenoxy) is 1. The van der Waals surface area contributed by atoms with Crippen molar-refractivity contribution in [2.45, 2.75) is 30.3 Å². The highest BCUT2D eigenvalue weighted by Gasteiger charge is 2.54. The average molecular weight is 209 g/mol. The Labute approximate surface area is 78.1 Å². The first kappa shape index (κ1) is 11.3. The van der Waals surface area contributed by atoms with E-state index in [-0.39, 0.29) is 0 Å². The van der Waals surface area contributed by atoms with E-state index < -0.39 is 36.3 Å². The largest absolute Gasteiger partial charge is 0.479 e. The first-order valence-corrected chi connectivity index (χ1v) is 3.72. The van der Waals surface area contributed by atoms with Crippen LogP contribution in [0.2, 0.25) is 0 Å². The Morgan fingerprint density at radius 2 is 1.86 bits per heavy atom. The Bertz CT molecular complexity index is 242. The number of aliphatic hydroxyl groups excluding tert-OH is 3. The number of aliphatic hydroxyl groups is 4. The molecule has 0 aromatic heterocycles. The van der Waals surface area contributed by atoms with Crippen molar-refractivity contribution in [2.75, 3.05) is 0 Å². The summed E-state index contributed by atoms with van der Waals surface area (Å²) in [5.41, 5.74) is 2.40. The van der Waals surface area contributed by atoms with Gasteiger partial charge in [-0.1, -0.05) is 0 Å². The average Bonchev–Trinajstić information content (AvgIpc) is 2.08. The molecule has 0 aromatic carbocycles. The summed E-state index contributed by atoms with van der Waals surface area (Å²) in [6.07, 6.45) is -7.83. The molecule has 0 unspecified atom stereocenters. The lowest BCUT2D eigenvalue weighted by atomic mass is 9.94. The van der Waals surface area contributed by atoms with Gasteiger partial charge in [0.2, 0.25) is 6.29 Å². The van der Waals surface area contributed by atoms with Crippen LogP contribution in [0.3, 0.4) is 0 Å². The molecule has 1 heterocycles. The predicted molar refractivity (Wildman–Crippen MR) is 39.7 cm³/mol. The first-order valence-electron chi connectivity index (χ1n) is 3.72. The van der Waals surface area contributed by atoms with E-state index in [1.807, 2.05) is 0 Å². The van der Waals surface area contributed by atoms with Gasteiger partial charge >= 0.3 is 5.97 Å². The topological polar surface area (TPSA) is 153 Å². The molecular weight excluding hydrogens is 198 g/mol. The molecule has 8 nitrogen and oxygen atoms in total. The van der Waals surface area contributed by atoms with Gasteiger partial charge in [-0.2, -0.15) is 0 Å². The second-order valence-corrected chi connectivity index (χ2v) is 3.07. The molecule has 1 rings (SSSR count). The molecule has 1 saturated heterocycles. The van der Waals surface area contributed by atoms with E-state index >= 15 is 0 Å². The van der Waals surface area contributed by atoms with Crippen LogP contribution in [0.4, 0.5) is 0 Å². The van der Waals surface area contributed by atoms with Gasteiger partial charge in [-0.3, -0.25) is 5.73 Å². The highest BCUT2D eigenvalue weighted by molar-refractivity contribution is 5.73. The normalized spacial score (nSPS) is 48.9. The number of carboxylic acid groups (broad SMARTS) is 1. The van der Waals surface area contributed by atoms with Crippen LogP contribution >= 0.6 is 0 Å². The van der Waals surface area contributed by atoms with Gasteiger partial charge in [0.1, 0.15) is 12.2 Å². The van der Waals surface area contributed by atoms with Crippen molar-refractivity contribution in [3.8, 4) is 0 Å². The molecule has 1 aliphatic rings.